The van der Waals surface area contributed by atoms with Crippen molar-refractivity contribution in [1.82, 2.24) is 4.90 Å². The van der Waals surface area contributed by atoms with E-state index in [2.05, 4.69) is 5.32 Å². The number of nitrogens with one attached hydrogen (secondary N) is 1. The molecule has 1 aliphatic heterocycles. The summed E-state index contributed by atoms with van der Waals surface area (Å²) >= 11 is 0. The summed E-state index contributed by atoms with van der Waals surface area (Å²) in [5, 5.41) is 12.0. The van der Waals surface area contributed by atoms with Gasteiger partial charge in [0.2, 0.25) is 0 Å². The van der Waals surface area contributed by atoms with Gasteiger partial charge in [-0.25, -0.2) is 8.42 Å². The second-order valence-corrected chi connectivity index (χ2v) is 8.18. The molecule has 0 spiro atoms. The minimum atomic E-state index is -3.04. The van der Waals surface area contributed by atoms with E-state index in [0.29, 0.717) is 31.0 Å². The molecule has 2 rings (SSSR count). The van der Waals surface area contributed by atoms with Gasteiger partial charge < -0.3 is 15.0 Å². The Balaban J connectivity index is 2.09. The fourth-order valence-corrected chi connectivity index (χ4v) is 4.54. The van der Waals surface area contributed by atoms with Crippen molar-refractivity contribution in [3.05, 3.63) is 36.0 Å². The molecule has 140 valence electrons. The van der Waals surface area contributed by atoms with Crippen LogP contribution in [0.25, 0.3) is 0 Å². The molecule has 0 radical (unpaired) electrons. The Morgan fingerprint density at radius 2 is 2.08 bits per heavy atom. The van der Waals surface area contributed by atoms with Crippen molar-refractivity contribution >= 4 is 21.4 Å². The largest absolute Gasteiger partial charge is 0.494 e. The Kier molecular flexibility index (Phi) is 6.64. The van der Waals surface area contributed by atoms with E-state index in [-0.39, 0.29) is 23.1 Å². The number of sulfone groups is 1. The van der Waals surface area contributed by atoms with Crippen LogP contribution < -0.4 is 10.1 Å². The third-order valence-electron chi connectivity index (χ3n) is 4.13. The average molecular weight is 377 g/mol. The monoisotopic (exact) mass is 377 g/mol. The number of nitrogens with zero attached hydrogens (tertiary/aromatic N) is 2. The summed E-state index contributed by atoms with van der Waals surface area (Å²) in [6.45, 7) is 4.81. The lowest BCUT2D eigenvalue weighted by Gasteiger charge is -2.25. The molecular weight excluding hydrogens is 354 g/mol. The summed E-state index contributed by atoms with van der Waals surface area (Å²) in [5.74, 6) is 0.357. The average Bonchev–Trinajstić information content (AvgIpc) is 2.97. The number of nitriles is 1. The lowest BCUT2D eigenvalue weighted by molar-refractivity contribution is -0.112. The molecular formula is C18H23N3O4S. The number of hydrogen-bond donors (Lipinski definition) is 1. The maximum atomic E-state index is 12.4. The molecule has 0 aromatic heterocycles. The van der Waals surface area contributed by atoms with Gasteiger partial charge in [-0.2, -0.15) is 5.26 Å². The van der Waals surface area contributed by atoms with E-state index in [4.69, 9.17) is 4.74 Å². The third-order valence-corrected chi connectivity index (χ3v) is 5.88. The highest BCUT2D eigenvalue weighted by Crippen LogP contribution is 2.20. The van der Waals surface area contributed by atoms with E-state index in [9.17, 15) is 18.5 Å². The highest BCUT2D eigenvalue weighted by molar-refractivity contribution is 7.91. The van der Waals surface area contributed by atoms with Crippen molar-refractivity contribution in [1.29, 1.82) is 5.26 Å². The minimum absolute atomic E-state index is 0.0521. The second kappa shape index (κ2) is 8.72. The predicted octanol–water partition coefficient (Wildman–Crippen LogP) is 1.94. The maximum absolute atomic E-state index is 12.4. The SMILES string of the molecule is CCOc1ccc(NC(=O)/C(C#N)=C\N(CC)C2CCS(=O)(=O)C2)cc1. The standard InChI is InChI=1S/C18H23N3O4S/c1-3-21(16-9-10-26(23,24)13-16)12-14(11-19)18(22)20-15-5-7-17(8-6-15)25-4-2/h5-8,12,16H,3-4,9-10,13H2,1-2H3,(H,20,22)/b14-12-. The van der Waals surface area contributed by atoms with Crippen LogP contribution in [0.2, 0.25) is 0 Å². The number of benzene rings is 1. The van der Waals surface area contributed by atoms with Gasteiger partial charge in [0.15, 0.2) is 9.84 Å². The third kappa shape index (κ3) is 5.23. The first-order valence-corrected chi connectivity index (χ1v) is 10.3. The summed E-state index contributed by atoms with van der Waals surface area (Å²) < 4.78 is 28.7. The molecule has 1 aromatic rings. The van der Waals surface area contributed by atoms with Crippen LogP contribution >= 0.6 is 0 Å². The van der Waals surface area contributed by atoms with Crippen molar-refractivity contribution in [2.45, 2.75) is 26.3 Å². The Bertz CT molecular complexity index is 810. The number of carbonyl (C=O) groups is 1. The number of ether oxygens (including phenoxy) is 1. The summed E-state index contributed by atoms with van der Waals surface area (Å²) in [5.41, 5.74) is 0.483. The molecule has 7 nitrogen and oxygen atoms in total. The summed E-state index contributed by atoms with van der Waals surface area (Å²) in [4.78, 5) is 14.1. The summed E-state index contributed by atoms with van der Waals surface area (Å²) in [6, 6.07) is 8.55. The van der Waals surface area contributed by atoms with Gasteiger partial charge in [-0.3, -0.25) is 4.79 Å². The smallest absolute Gasteiger partial charge is 0.267 e. The van der Waals surface area contributed by atoms with Crippen molar-refractivity contribution in [3.8, 4) is 11.8 Å². The highest BCUT2D eigenvalue weighted by Gasteiger charge is 2.31. The van der Waals surface area contributed by atoms with Crippen LogP contribution in [-0.4, -0.2) is 49.9 Å². The van der Waals surface area contributed by atoms with E-state index in [1.54, 1.807) is 29.2 Å². The van der Waals surface area contributed by atoms with Gasteiger partial charge in [0.25, 0.3) is 5.91 Å². The first-order chi connectivity index (χ1) is 12.4. The normalized spacial score (nSPS) is 18.8. The number of carbonyl (C=O) groups excluding carboxylic acids is 1. The Labute approximate surface area is 154 Å². The van der Waals surface area contributed by atoms with E-state index in [0.717, 1.165) is 0 Å². The molecule has 1 aliphatic rings. The van der Waals surface area contributed by atoms with Crippen LogP contribution in [0.15, 0.2) is 36.0 Å². The summed E-state index contributed by atoms with van der Waals surface area (Å²) in [7, 11) is -3.04. The molecule has 1 aromatic carbocycles. The number of amides is 1. The van der Waals surface area contributed by atoms with E-state index in [1.165, 1.54) is 6.20 Å². The van der Waals surface area contributed by atoms with Gasteiger partial charge in [-0.05, 0) is 44.5 Å². The van der Waals surface area contributed by atoms with Crippen molar-refractivity contribution in [2.75, 3.05) is 30.0 Å². The van der Waals surface area contributed by atoms with Crippen LogP contribution in [-0.2, 0) is 14.6 Å². The van der Waals surface area contributed by atoms with E-state index >= 15 is 0 Å². The topological polar surface area (TPSA) is 99.5 Å². The zero-order chi connectivity index (χ0) is 19.2. The highest BCUT2D eigenvalue weighted by atomic mass is 32.2. The van der Waals surface area contributed by atoms with Gasteiger partial charge in [0.1, 0.15) is 17.4 Å². The van der Waals surface area contributed by atoms with Gasteiger partial charge in [-0.15, -0.1) is 0 Å². The fraction of sp³-hybridized carbons (Fsp3) is 0.444. The lowest BCUT2D eigenvalue weighted by atomic mass is 10.2. The molecule has 1 atom stereocenters. The molecule has 1 amide bonds. The van der Waals surface area contributed by atoms with Gasteiger partial charge in [0.05, 0.1) is 18.1 Å². The molecule has 8 heteroatoms. The van der Waals surface area contributed by atoms with Crippen LogP contribution in [0, 0.1) is 11.3 Å². The molecule has 26 heavy (non-hydrogen) atoms. The van der Waals surface area contributed by atoms with Gasteiger partial charge in [-0.1, -0.05) is 0 Å². The van der Waals surface area contributed by atoms with Crippen LogP contribution in [0.5, 0.6) is 5.75 Å². The van der Waals surface area contributed by atoms with Crippen molar-refractivity contribution < 1.29 is 17.9 Å². The molecule has 1 N–H and O–H groups in total. The summed E-state index contributed by atoms with van der Waals surface area (Å²) in [6.07, 6.45) is 1.96. The fourth-order valence-electron chi connectivity index (χ4n) is 2.80. The number of rotatable bonds is 7. The Hall–Kier alpha value is -2.53. The van der Waals surface area contributed by atoms with Crippen LogP contribution in [0.3, 0.4) is 0 Å². The lowest BCUT2D eigenvalue weighted by Crippen LogP contribution is -2.32. The molecule has 1 saturated heterocycles. The number of anilines is 1. The molecule has 1 fully saturated rings. The zero-order valence-electron chi connectivity index (χ0n) is 14.9. The maximum Gasteiger partial charge on any atom is 0.267 e. The second-order valence-electron chi connectivity index (χ2n) is 5.95. The molecule has 0 bridgehead atoms. The first-order valence-electron chi connectivity index (χ1n) is 8.50. The van der Waals surface area contributed by atoms with Crippen molar-refractivity contribution in [2.24, 2.45) is 0 Å². The molecule has 1 unspecified atom stereocenters. The minimum Gasteiger partial charge on any atom is -0.494 e. The zero-order valence-corrected chi connectivity index (χ0v) is 15.8. The molecule has 0 saturated carbocycles. The number of hydrogen-bond acceptors (Lipinski definition) is 6. The first kappa shape index (κ1) is 19.8. The van der Waals surface area contributed by atoms with Crippen LogP contribution in [0.1, 0.15) is 20.3 Å². The molecule has 0 aliphatic carbocycles. The Morgan fingerprint density at radius 3 is 2.58 bits per heavy atom. The molecule has 1 heterocycles. The van der Waals surface area contributed by atoms with E-state index in [1.807, 2.05) is 19.9 Å². The predicted molar refractivity (Wildman–Crippen MR) is 99.4 cm³/mol. The Morgan fingerprint density at radius 1 is 1.38 bits per heavy atom. The van der Waals surface area contributed by atoms with Crippen molar-refractivity contribution in [3.63, 3.8) is 0 Å². The quantitative estimate of drug-likeness (QED) is 0.576. The van der Waals surface area contributed by atoms with Gasteiger partial charge >= 0.3 is 0 Å². The van der Waals surface area contributed by atoms with Crippen LogP contribution in [0.4, 0.5) is 5.69 Å². The van der Waals surface area contributed by atoms with Gasteiger partial charge in [0, 0.05) is 24.5 Å². The van der Waals surface area contributed by atoms with E-state index < -0.39 is 15.7 Å².